The van der Waals surface area contributed by atoms with Crippen molar-refractivity contribution in [1.29, 1.82) is 0 Å². The maximum atomic E-state index is 4.26. The van der Waals surface area contributed by atoms with Crippen LogP contribution in [0.2, 0.25) is 0 Å². The first-order valence-electron chi connectivity index (χ1n) is 5.02. The SMILES string of the molecule is CCCNc1nccn1Cc1cscn1. The summed E-state index contributed by atoms with van der Waals surface area (Å²) in [7, 11) is 0. The lowest BCUT2D eigenvalue weighted by molar-refractivity contribution is 0.776. The van der Waals surface area contributed by atoms with Crippen LogP contribution in [-0.4, -0.2) is 21.1 Å². The van der Waals surface area contributed by atoms with Crippen LogP contribution in [-0.2, 0) is 6.54 Å². The van der Waals surface area contributed by atoms with E-state index in [1.54, 1.807) is 11.3 Å². The predicted octanol–water partition coefficient (Wildman–Crippen LogP) is 2.21. The summed E-state index contributed by atoms with van der Waals surface area (Å²) >= 11 is 1.62. The zero-order valence-corrected chi connectivity index (χ0v) is 9.50. The average Bonchev–Trinajstić information content (AvgIpc) is 2.87. The van der Waals surface area contributed by atoms with Crippen LogP contribution < -0.4 is 5.32 Å². The number of hydrogen-bond donors (Lipinski definition) is 1. The molecule has 0 aliphatic rings. The molecule has 2 aromatic rings. The minimum absolute atomic E-state index is 0.787. The van der Waals surface area contributed by atoms with Gasteiger partial charge in [0.25, 0.3) is 0 Å². The van der Waals surface area contributed by atoms with Gasteiger partial charge in [0.1, 0.15) is 0 Å². The van der Waals surface area contributed by atoms with Crippen LogP contribution in [0.5, 0.6) is 0 Å². The van der Waals surface area contributed by atoms with Crippen molar-refractivity contribution in [2.75, 3.05) is 11.9 Å². The van der Waals surface area contributed by atoms with E-state index in [1.807, 2.05) is 17.9 Å². The summed E-state index contributed by atoms with van der Waals surface area (Å²) in [6.07, 6.45) is 4.88. The summed E-state index contributed by atoms with van der Waals surface area (Å²) in [4.78, 5) is 8.52. The molecule has 5 heteroatoms. The van der Waals surface area contributed by atoms with Crippen molar-refractivity contribution in [3.63, 3.8) is 0 Å². The number of hydrogen-bond acceptors (Lipinski definition) is 4. The fourth-order valence-corrected chi connectivity index (χ4v) is 1.88. The maximum absolute atomic E-state index is 4.26. The molecule has 2 rings (SSSR count). The standard InChI is InChI=1S/C10H14N4S/c1-2-3-11-10-12-4-5-14(10)6-9-7-15-8-13-9/h4-5,7-8H,2-3,6H2,1H3,(H,11,12). The molecule has 2 aromatic heterocycles. The number of rotatable bonds is 5. The van der Waals surface area contributed by atoms with Gasteiger partial charge in [-0.3, -0.25) is 0 Å². The van der Waals surface area contributed by atoms with Crippen LogP contribution in [0.1, 0.15) is 19.0 Å². The number of nitrogens with zero attached hydrogens (tertiary/aromatic N) is 3. The van der Waals surface area contributed by atoms with E-state index in [1.165, 1.54) is 0 Å². The number of thiazole rings is 1. The van der Waals surface area contributed by atoms with Crippen LogP contribution >= 0.6 is 11.3 Å². The Kier molecular flexibility index (Phi) is 3.34. The van der Waals surface area contributed by atoms with Gasteiger partial charge in [-0.15, -0.1) is 11.3 Å². The molecule has 0 aliphatic carbocycles. The predicted molar refractivity (Wildman–Crippen MR) is 62.2 cm³/mol. The third-order valence-corrected chi connectivity index (χ3v) is 2.70. The molecule has 0 bridgehead atoms. The highest BCUT2D eigenvalue weighted by atomic mass is 32.1. The molecule has 1 N–H and O–H groups in total. The topological polar surface area (TPSA) is 42.7 Å². The third-order valence-electron chi connectivity index (χ3n) is 2.06. The van der Waals surface area contributed by atoms with E-state index < -0.39 is 0 Å². The lowest BCUT2D eigenvalue weighted by Gasteiger charge is -2.07. The highest BCUT2D eigenvalue weighted by molar-refractivity contribution is 7.07. The van der Waals surface area contributed by atoms with E-state index in [-0.39, 0.29) is 0 Å². The first-order chi connectivity index (χ1) is 7.40. The lowest BCUT2D eigenvalue weighted by atomic mass is 10.5. The molecular formula is C10H14N4S. The molecule has 0 aliphatic heterocycles. The molecule has 4 nitrogen and oxygen atoms in total. The summed E-state index contributed by atoms with van der Waals surface area (Å²) in [5, 5.41) is 5.34. The van der Waals surface area contributed by atoms with E-state index in [0.717, 1.165) is 31.2 Å². The summed E-state index contributed by atoms with van der Waals surface area (Å²) < 4.78 is 2.07. The van der Waals surface area contributed by atoms with E-state index in [4.69, 9.17) is 0 Å². The molecule has 0 fully saturated rings. The van der Waals surface area contributed by atoms with Gasteiger partial charge in [0.05, 0.1) is 17.7 Å². The largest absolute Gasteiger partial charge is 0.356 e. The Bertz CT molecular complexity index is 393. The van der Waals surface area contributed by atoms with Crippen LogP contribution in [0.4, 0.5) is 5.95 Å². The first kappa shape index (κ1) is 10.2. The van der Waals surface area contributed by atoms with Crippen molar-refractivity contribution in [2.45, 2.75) is 19.9 Å². The van der Waals surface area contributed by atoms with Crippen molar-refractivity contribution in [3.05, 3.63) is 29.0 Å². The molecule has 2 heterocycles. The summed E-state index contributed by atoms with van der Waals surface area (Å²) in [6, 6.07) is 0. The molecule has 0 saturated heterocycles. The molecule has 0 amide bonds. The molecule has 0 unspecified atom stereocenters. The zero-order chi connectivity index (χ0) is 10.5. The number of nitrogens with one attached hydrogen (secondary N) is 1. The molecule has 0 atom stereocenters. The Balaban J connectivity index is 2.04. The van der Waals surface area contributed by atoms with E-state index in [0.29, 0.717) is 0 Å². The molecule has 80 valence electrons. The highest BCUT2D eigenvalue weighted by Gasteiger charge is 2.03. The monoisotopic (exact) mass is 222 g/mol. The van der Waals surface area contributed by atoms with Gasteiger partial charge in [0, 0.05) is 24.3 Å². The van der Waals surface area contributed by atoms with Crippen LogP contribution in [0.25, 0.3) is 0 Å². The Morgan fingerprint density at radius 2 is 2.40 bits per heavy atom. The van der Waals surface area contributed by atoms with Gasteiger partial charge in [0.2, 0.25) is 5.95 Å². The van der Waals surface area contributed by atoms with Crippen molar-refractivity contribution in [2.24, 2.45) is 0 Å². The minimum Gasteiger partial charge on any atom is -0.356 e. The minimum atomic E-state index is 0.787. The van der Waals surface area contributed by atoms with Gasteiger partial charge < -0.3 is 9.88 Å². The molecule has 0 radical (unpaired) electrons. The lowest BCUT2D eigenvalue weighted by Crippen LogP contribution is -2.08. The molecule has 0 aromatic carbocycles. The van der Waals surface area contributed by atoms with Gasteiger partial charge >= 0.3 is 0 Å². The molecular weight excluding hydrogens is 208 g/mol. The van der Waals surface area contributed by atoms with E-state index in [2.05, 4.69) is 32.2 Å². The smallest absolute Gasteiger partial charge is 0.203 e. The zero-order valence-electron chi connectivity index (χ0n) is 8.68. The van der Waals surface area contributed by atoms with Crippen LogP contribution in [0, 0.1) is 0 Å². The Morgan fingerprint density at radius 1 is 1.47 bits per heavy atom. The van der Waals surface area contributed by atoms with Crippen molar-refractivity contribution in [3.8, 4) is 0 Å². The fourth-order valence-electron chi connectivity index (χ4n) is 1.33. The molecule has 0 spiro atoms. The van der Waals surface area contributed by atoms with E-state index >= 15 is 0 Å². The van der Waals surface area contributed by atoms with Gasteiger partial charge in [-0.25, -0.2) is 9.97 Å². The number of aromatic nitrogens is 3. The quantitative estimate of drug-likeness (QED) is 0.843. The summed E-state index contributed by atoms with van der Waals surface area (Å²) in [5.74, 6) is 0.921. The molecule has 0 saturated carbocycles. The second-order valence-corrected chi connectivity index (χ2v) is 4.00. The van der Waals surface area contributed by atoms with Crippen molar-refractivity contribution >= 4 is 17.3 Å². The van der Waals surface area contributed by atoms with Crippen LogP contribution in [0.15, 0.2) is 23.3 Å². The van der Waals surface area contributed by atoms with Crippen molar-refractivity contribution < 1.29 is 0 Å². The first-order valence-corrected chi connectivity index (χ1v) is 5.96. The second-order valence-electron chi connectivity index (χ2n) is 3.29. The van der Waals surface area contributed by atoms with Crippen LogP contribution in [0.3, 0.4) is 0 Å². The van der Waals surface area contributed by atoms with Gasteiger partial charge in [0.15, 0.2) is 0 Å². The summed E-state index contributed by atoms with van der Waals surface area (Å²) in [5.41, 5.74) is 2.93. The Labute approximate surface area is 93.0 Å². The summed E-state index contributed by atoms with van der Waals surface area (Å²) in [6.45, 7) is 3.88. The van der Waals surface area contributed by atoms with Gasteiger partial charge in [-0.1, -0.05) is 6.92 Å². The van der Waals surface area contributed by atoms with Crippen molar-refractivity contribution in [1.82, 2.24) is 14.5 Å². The van der Waals surface area contributed by atoms with E-state index in [9.17, 15) is 0 Å². The number of imidazole rings is 1. The van der Waals surface area contributed by atoms with Gasteiger partial charge in [-0.05, 0) is 6.42 Å². The Hall–Kier alpha value is -1.36. The normalized spacial score (nSPS) is 10.5. The maximum Gasteiger partial charge on any atom is 0.203 e. The van der Waals surface area contributed by atoms with Gasteiger partial charge in [-0.2, -0.15) is 0 Å². The Morgan fingerprint density at radius 3 is 3.13 bits per heavy atom. The average molecular weight is 222 g/mol. The second kappa shape index (κ2) is 4.93. The highest BCUT2D eigenvalue weighted by Crippen LogP contribution is 2.09. The third kappa shape index (κ3) is 2.56. The molecule has 15 heavy (non-hydrogen) atoms. The fraction of sp³-hybridized carbons (Fsp3) is 0.400. The number of anilines is 1.